The summed E-state index contributed by atoms with van der Waals surface area (Å²) in [5, 5.41) is 18.7. The van der Waals surface area contributed by atoms with Gasteiger partial charge in [-0.25, -0.2) is 4.79 Å². The highest BCUT2D eigenvalue weighted by Gasteiger charge is 2.38. The molecule has 0 spiro atoms. The number of ether oxygens (including phenoxy) is 2. The quantitative estimate of drug-likeness (QED) is 0.580. The lowest BCUT2D eigenvalue weighted by Gasteiger charge is -2.12. The number of methoxy groups -OCH3 is 1. The van der Waals surface area contributed by atoms with Crippen LogP contribution < -0.4 is 14.9 Å². The van der Waals surface area contributed by atoms with Gasteiger partial charge in [0, 0.05) is 6.42 Å². The van der Waals surface area contributed by atoms with Crippen molar-refractivity contribution in [2.75, 3.05) is 13.7 Å². The summed E-state index contributed by atoms with van der Waals surface area (Å²) in [6.45, 7) is 1.42. The molecule has 1 aliphatic rings. The Kier molecular flexibility index (Phi) is 3.65. The molecule has 0 unspecified atom stereocenters. The van der Waals surface area contributed by atoms with E-state index in [0.29, 0.717) is 12.0 Å². The maximum absolute atomic E-state index is 11.5. The van der Waals surface area contributed by atoms with E-state index in [1.54, 1.807) is 17.7 Å². The van der Waals surface area contributed by atoms with E-state index in [9.17, 15) is 9.90 Å². The third-order valence-electron chi connectivity index (χ3n) is 3.03. The molecule has 0 aromatic carbocycles. The minimum Gasteiger partial charge on any atom is -0.434 e. The van der Waals surface area contributed by atoms with Crippen LogP contribution >= 0.6 is 0 Å². The fraction of sp³-hybridized carbons (Fsp3) is 0.636. The van der Waals surface area contributed by atoms with Crippen molar-refractivity contribution in [2.24, 2.45) is 0 Å². The molecule has 0 saturated carbocycles. The van der Waals surface area contributed by atoms with E-state index < -0.39 is 18.4 Å². The van der Waals surface area contributed by atoms with Gasteiger partial charge in [-0.3, -0.25) is 0 Å². The van der Waals surface area contributed by atoms with Gasteiger partial charge in [-0.05, 0) is 6.92 Å². The number of aliphatic hydroxyl groups is 2. The summed E-state index contributed by atoms with van der Waals surface area (Å²) >= 11 is 0. The van der Waals surface area contributed by atoms with Crippen molar-refractivity contribution < 1.29 is 24.3 Å². The molecular formula is C11H17N2O5+. The van der Waals surface area contributed by atoms with Crippen LogP contribution in [0.3, 0.4) is 0 Å². The second-order valence-electron chi connectivity index (χ2n) is 4.30. The number of aromatic amines is 1. The number of nitrogens with zero attached hydrogens (tertiary/aromatic N) is 1. The van der Waals surface area contributed by atoms with Crippen molar-refractivity contribution in [1.29, 1.82) is 0 Å². The number of H-pyrrole nitrogens is 1. The minimum atomic E-state index is -0.732. The smallest absolute Gasteiger partial charge is 0.434 e. The molecule has 7 heteroatoms. The number of aromatic nitrogens is 2. The first-order valence-electron chi connectivity index (χ1n) is 5.70. The summed E-state index contributed by atoms with van der Waals surface area (Å²) in [5.74, 6) is 0. The number of hydrogen-bond donors (Lipinski definition) is 3. The number of rotatable bonds is 3. The molecule has 1 aromatic rings. The molecular weight excluding hydrogens is 240 g/mol. The first-order chi connectivity index (χ1) is 8.56. The van der Waals surface area contributed by atoms with E-state index in [0.717, 1.165) is 0 Å². The Bertz CT molecular complexity index is 487. The van der Waals surface area contributed by atoms with Gasteiger partial charge >= 0.3 is 11.6 Å². The Balaban J connectivity index is 2.34. The molecule has 100 valence electrons. The fourth-order valence-corrected chi connectivity index (χ4v) is 2.01. The van der Waals surface area contributed by atoms with E-state index in [1.165, 1.54) is 7.11 Å². The standard InChI is InChI=1S/C11H16N2O5/c1-6-4-13(11(17-2)12-10(6)16)9-3-7(15)8(5-14)18-9/h4,7-9,14-15H,3,5H2,1-2H3/p+1/t7-,8+,9-/m0/s1. The van der Waals surface area contributed by atoms with Crippen LogP contribution in [0.1, 0.15) is 18.2 Å². The molecule has 3 atom stereocenters. The summed E-state index contributed by atoms with van der Waals surface area (Å²) in [5.41, 5.74) is 0.279. The molecule has 3 N–H and O–H groups in total. The van der Waals surface area contributed by atoms with E-state index in [2.05, 4.69) is 4.98 Å². The van der Waals surface area contributed by atoms with Crippen LogP contribution in [0.15, 0.2) is 11.0 Å². The summed E-state index contributed by atoms with van der Waals surface area (Å²) in [6, 6.07) is 0.251. The highest BCUT2D eigenvalue weighted by molar-refractivity contribution is 5.00. The largest absolute Gasteiger partial charge is 0.458 e. The van der Waals surface area contributed by atoms with Gasteiger partial charge in [0.25, 0.3) is 0 Å². The van der Waals surface area contributed by atoms with Gasteiger partial charge in [0.2, 0.25) is 6.23 Å². The zero-order valence-corrected chi connectivity index (χ0v) is 10.3. The van der Waals surface area contributed by atoms with Crippen molar-refractivity contribution in [3.8, 4) is 6.01 Å². The number of aliphatic hydroxyl groups excluding tert-OH is 2. The van der Waals surface area contributed by atoms with Crippen LogP contribution in [0, 0.1) is 6.92 Å². The monoisotopic (exact) mass is 257 g/mol. The summed E-state index contributed by atoms with van der Waals surface area (Å²) in [6.07, 6.45) is 0.124. The average molecular weight is 257 g/mol. The van der Waals surface area contributed by atoms with Gasteiger partial charge in [-0.2, -0.15) is 9.55 Å². The van der Waals surface area contributed by atoms with Crippen LogP contribution in [0.4, 0.5) is 0 Å². The van der Waals surface area contributed by atoms with Gasteiger partial charge in [-0.1, -0.05) is 0 Å². The van der Waals surface area contributed by atoms with Crippen LogP contribution in [0.5, 0.6) is 6.01 Å². The van der Waals surface area contributed by atoms with Crippen molar-refractivity contribution in [2.45, 2.75) is 31.8 Å². The maximum atomic E-state index is 11.5. The molecule has 0 aliphatic carbocycles. The number of hydrogen-bond acceptors (Lipinski definition) is 5. The molecule has 2 rings (SSSR count). The molecule has 1 fully saturated rings. The second-order valence-corrected chi connectivity index (χ2v) is 4.30. The molecule has 0 bridgehead atoms. The molecule has 1 saturated heterocycles. The van der Waals surface area contributed by atoms with Gasteiger partial charge in [-0.15, -0.1) is 0 Å². The van der Waals surface area contributed by atoms with Gasteiger partial charge < -0.3 is 19.7 Å². The Morgan fingerprint density at radius 1 is 1.67 bits per heavy atom. The normalized spacial score (nSPS) is 27.4. The van der Waals surface area contributed by atoms with Crippen LogP contribution in [-0.2, 0) is 4.74 Å². The first-order valence-corrected chi connectivity index (χ1v) is 5.70. The molecule has 0 amide bonds. The lowest BCUT2D eigenvalue weighted by Crippen LogP contribution is -2.44. The molecule has 0 radical (unpaired) electrons. The summed E-state index contributed by atoms with van der Waals surface area (Å²) in [4.78, 5) is 14.1. The second kappa shape index (κ2) is 5.05. The Morgan fingerprint density at radius 2 is 2.39 bits per heavy atom. The Labute approximate surface area is 104 Å². The van der Waals surface area contributed by atoms with Crippen molar-refractivity contribution >= 4 is 0 Å². The molecule has 1 aliphatic heterocycles. The Morgan fingerprint density at radius 3 is 2.94 bits per heavy atom. The third-order valence-corrected chi connectivity index (χ3v) is 3.03. The van der Waals surface area contributed by atoms with Gasteiger partial charge in [0.1, 0.15) is 12.3 Å². The predicted octanol–water partition coefficient (Wildman–Crippen LogP) is -1.38. The van der Waals surface area contributed by atoms with Gasteiger partial charge in [0.15, 0.2) is 0 Å². The van der Waals surface area contributed by atoms with Crippen LogP contribution in [-0.4, -0.2) is 41.1 Å². The van der Waals surface area contributed by atoms with E-state index in [4.69, 9.17) is 14.6 Å². The van der Waals surface area contributed by atoms with E-state index in [-0.39, 0.29) is 18.2 Å². The topological polar surface area (TPSA) is 95.7 Å². The Hall–Kier alpha value is -1.44. The number of aryl methyl sites for hydroxylation is 1. The lowest BCUT2D eigenvalue weighted by molar-refractivity contribution is -0.765. The van der Waals surface area contributed by atoms with Crippen LogP contribution in [0.25, 0.3) is 0 Å². The zero-order chi connectivity index (χ0) is 13.3. The summed E-state index contributed by atoms with van der Waals surface area (Å²) < 4.78 is 12.2. The highest BCUT2D eigenvalue weighted by Crippen LogP contribution is 2.25. The first kappa shape index (κ1) is 13.0. The van der Waals surface area contributed by atoms with Crippen LogP contribution in [0.2, 0.25) is 0 Å². The molecule has 7 nitrogen and oxygen atoms in total. The van der Waals surface area contributed by atoms with Crippen molar-refractivity contribution in [3.05, 3.63) is 22.1 Å². The highest BCUT2D eigenvalue weighted by atomic mass is 16.5. The predicted molar refractivity (Wildman–Crippen MR) is 60.2 cm³/mol. The lowest BCUT2D eigenvalue weighted by atomic mass is 10.2. The average Bonchev–Trinajstić information content (AvgIpc) is 2.73. The molecule has 2 heterocycles. The minimum absolute atomic E-state index is 0.236. The van der Waals surface area contributed by atoms with Crippen molar-refractivity contribution in [3.63, 3.8) is 0 Å². The van der Waals surface area contributed by atoms with E-state index in [1.807, 2.05) is 0 Å². The SMILES string of the molecule is COc1[nH]c(=O)c(C)c[n+]1[C@@H]1C[C@H](O)[C@@H](CO)O1. The van der Waals surface area contributed by atoms with Crippen molar-refractivity contribution in [1.82, 2.24) is 4.98 Å². The van der Waals surface area contributed by atoms with E-state index >= 15 is 0 Å². The van der Waals surface area contributed by atoms with Gasteiger partial charge in [0.05, 0.1) is 25.4 Å². The third kappa shape index (κ3) is 2.24. The molecule has 18 heavy (non-hydrogen) atoms. The fourth-order valence-electron chi connectivity index (χ4n) is 2.01. The number of nitrogens with one attached hydrogen (secondary N) is 1. The maximum Gasteiger partial charge on any atom is 0.458 e. The zero-order valence-electron chi connectivity index (χ0n) is 10.3. The molecule has 1 aromatic heterocycles. The summed E-state index contributed by atoms with van der Waals surface area (Å²) in [7, 11) is 1.44.